The van der Waals surface area contributed by atoms with Gasteiger partial charge in [0.25, 0.3) is 0 Å². The fourth-order valence-electron chi connectivity index (χ4n) is 4.78. The Labute approximate surface area is 107 Å². The predicted octanol–water partition coefficient (Wildman–Crippen LogP) is 0.546. The maximum Gasteiger partial charge on any atom is 0.223 e. The van der Waals surface area contributed by atoms with E-state index in [0.29, 0.717) is 38.0 Å². The van der Waals surface area contributed by atoms with Crippen LogP contribution in [-0.2, 0) is 9.53 Å². The van der Waals surface area contributed by atoms with Crippen LogP contribution in [0, 0.1) is 29.6 Å². The molecule has 5 unspecified atom stereocenters. The van der Waals surface area contributed by atoms with Crippen molar-refractivity contribution in [2.24, 2.45) is 29.6 Å². The molecule has 4 heteroatoms. The van der Waals surface area contributed by atoms with Gasteiger partial charge in [0.2, 0.25) is 5.91 Å². The summed E-state index contributed by atoms with van der Waals surface area (Å²) in [5, 5.41) is 13.1. The summed E-state index contributed by atoms with van der Waals surface area (Å²) in [5.74, 6) is 3.46. The van der Waals surface area contributed by atoms with E-state index in [9.17, 15) is 9.90 Å². The fraction of sp³-hybridized carbons (Fsp3) is 0.929. The molecule has 0 aromatic carbocycles. The van der Waals surface area contributed by atoms with Crippen LogP contribution < -0.4 is 5.32 Å². The lowest BCUT2D eigenvalue weighted by Crippen LogP contribution is -2.44. The summed E-state index contributed by atoms with van der Waals surface area (Å²) in [6, 6.07) is 0. The van der Waals surface area contributed by atoms with Crippen LogP contribution in [0.2, 0.25) is 0 Å². The zero-order valence-electron chi connectivity index (χ0n) is 10.6. The van der Waals surface area contributed by atoms with E-state index in [1.54, 1.807) is 0 Å². The molecule has 1 amide bonds. The van der Waals surface area contributed by atoms with Gasteiger partial charge in [0.05, 0.1) is 6.61 Å². The number of ether oxygens (including phenoxy) is 1. The number of nitrogens with one attached hydrogen (secondary N) is 1. The lowest BCUT2D eigenvalue weighted by atomic mass is 10.0. The first-order chi connectivity index (χ1) is 8.68. The van der Waals surface area contributed by atoms with E-state index in [2.05, 4.69) is 5.32 Å². The van der Waals surface area contributed by atoms with Crippen molar-refractivity contribution in [3.8, 4) is 0 Å². The Morgan fingerprint density at radius 3 is 2.67 bits per heavy atom. The first-order valence-electron chi connectivity index (χ1n) is 7.26. The number of hydrogen-bond acceptors (Lipinski definition) is 3. The van der Waals surface area contributed by atoms with E-state index in [1.165, 1.54) is 19.3 Å². The average molecular weight is 251 g/mol. The van der Waals surface area contributed by atoms with Gasteiger partial charge >= 0.3 is 0 Å². The standard InChI is InChI=1S/C14H21NO3/c16-13(15-6-14(17)3-4-18-7-14)12-10-8-1-2-9(5-8)11(10)12/h8-12,17H,1-7H2,(H,15,16). The maximum absolute atomic E-state index is 12.2. The summed E-state index contributed by atoms with van der Waals surface area (Å²) < 4.78 is 5.19. The summed E-state index contributed by atoms with van der Waals surface area (Å²) in [5.41, 5.74) is -0.821. The van der Waals surface area contributed by atoms with Gasteiger partial charge in [-0.15, -0.1) is 0 Å². The van der Waals surface area contributed by atoms with Crippen LogP contribution in [0.5, 0.6) is 0 Å². The number of aliphatic hydroxyl groups is 1. The third kappa shape index (κ3) is 1.55. The van der Waals surface area contributed by atoms with Gasteiger partial charge < -0.3 is 15.2 Å². The van der Waals surface area contributed by atoms with Crippen molar-refractivity contribution in [1.82, 2.24) is 5.32 Å². The minimum Gasteiger partial charge on any atom is -0.386 e. The van der Waals surface area contributed by atoms with Crippen molar-refractivity contribution in [2.45, 2.75) is 31.3 Å². The van der Waals surface area contributed by atoms with Crippen molar-refractivity contribution in [1.29, 1.82) is 0 Å². The molecular formula is C14H21NO3. The molecule has 1 saturated heterocycles. The molecule has 0 radical (unpaired) electrons. The van der Waals surface area contributed by atoms with Crippen LogP contribution >= 0.6 is 0 Å². The second-order valence-corrected chi connectivity index (χ2v) is 6.76. The van der Waals surface area contributed by atoms with E-state index in [1.807, 2.05) is 0 Å². The lowest BCUT2D eigenvalue weighted by Gasteiger charge is -2.21. The number of carbonyl (C=O) groups is 1. The van der Waals surface area contributed by atoms with Crippen LogP contribution in [-0.4, -0.2) is 36.4 Å². The van der Waals surface area contributed by atoms with Gasteiger partial charge in [0.1, 0.15) is 5.60 Å². The lowest BCUT2D eigenvalue weighted by molar-refractivity contribution is -0.124. The number of hydrogen-bond donors (Lipinski definition) is 2. The Balaban J connectivity index is 1.33. The van der Waals surface area contributed by atoms with Gasteiger partial charge in [-0.25, -0.2) is 0 Å². The molecular weight excluding hydrogens is 230 g/mol. The molecule has 4 aliphatic rings. The molecule has 100 valence electrons. The SMILES string of the molecule is O=C(NCC1(O)CCOC1)C1C2C3CCC(C3)C12. The van der Waals surface area contributed by atoms with Crippen LogP contribution in [0.1, 0.15) is 25.7 Å². The molecule has 1 heterocycles. The molecule has 18 heavy (non-hydrogen) atoms. The Morgan fingerprint density at radius 1 is 1.33 bits per heavy atom. The molecule has 0 aromatic heterocycles. The number of carbonyl (C=O) groups excluding carboxylic acids is 1. The molecule has 3 aliphatic carbocycles. The third-order valence-electron chi connectivity index (χ3n) is 5.71. The molecule has 4 fully saturated rings. The Morgan fingerprint density at radius 2 is 2.06 bits per heavy atom. The second-order valence-electron chi connectivity index (χ2n) is 6.76. The first kappa shape index (κ1) is 11.2. The average Bonchev–Trinajstić information content (AvgIpc) is 2.72. The van der Waals surface area contributed by atoms with Crippen molar-refractivity contribution in [3.63, 3.8) is 0 Å². The first-order valence-corrected chi connectivity index (χ1v) is 7.26. The fourth-order valence-corrected chi connectivity index (χ4v) is 4.78. The van der Waals surface area contributed by atoms with Gasteiger partial charge in [0.15, 0.2) is 0 Å². The molecule has 1 aliphatic heterocycles. The second kappa shape index (κ2) is 3.70. The van der Waals surface area contributed by atoms with Crippen molar-refractivity contribution in [2.75, 3.05) is 19.8 Å². The highest BCUT2D eigenvalue weighted by atomic mass is 16.5. The minimum atomic E-state index is -0.821. The highest BCUT2D eigenvalue weighted by molar-refractivity contribution is 5.82. The Kier molecular flexibility index (Phi) is 2.31. The van der Waals surface area contributed by atoms with Crippen molar-refractivity contribution in [3.05, 3.63) is 0 Å². The topological polar surface area (TPSA) is 58.6 Å². The summed E-state index contributed by atoms with van der Waals surface area (Å²) in [4.78, 5) is 12.2. The molecule has 4 nitrogen and oxygen atoms in total. The van der Waals surface area contributed by atoms with E-state index >= 15 is 0 Å². The summed E-state index contributed by atoms with van der Waals surface area (Å²) >= 11 is 0. The number of fused-ring (bicyclic) bond motifs is 5. The molecule has 2 bridgehead atoms. The van der Waals surface area contributed by atoms with Crippen LogP contribution in [0.25, 0.3) is 0 Å². The molecule has 2 N–H and O–H groups in total. The Bertz CT molecular complexity index is 361. The van der Waals surface area contributed by atoms with Gasteiger partial charge in [0, 0.05) is 25.5 Å². The van der Waals surface area contributed by atoms with Crippen LogP contribution in [0.3, 0.4) is 0 Å². The van der Waals surface area contributed by atoms with E-state index < -0.39 is 5.60 Å². The Hall–Kier alpha value is -0.610. The molecule has 5 atom stereocenters. The van der Waals surface area contributed by atoms with E-state index in [4.69, 9.17) is 4.74 Å². The largest absolute Gasteiger partial charge is 0.386 e. The van der Waals surface area contributed by atoms with Gasteiger partial charge in [-0.05, 0) is 42.9 Å². The van der Waals surface area contributed by atoms with Gasteiger partial charge in [-0.3, -0.25) is 4.79 Å². The zero-order chi connectivity index (χ0) is 12.3. The quantitative estimate of drug-likeness (QED) is 0.770. The van der Waals surface area contributed by atoms with Crippen molar-refractivity contribution < 1.29 is 14.6 Å². The van der Waals surface area contributed by atoms with Gasteiger partial charge in [-0.1, -0.05) is 0 Å². The van der Waals surface area contributed by atoms with Crippen LogP contribution in [0.15, 0.2) is 0 Å². The normalized spacial score (nSPS) is 52.4. The van der Waals surface area contributed by atoms with Crippen LogP contribution in [0.4, 0.5) is 0 Å². The predicted molar refractivity (Wildman–Crippen MR) is 64.7 cm³/mol. The smallest absolute Gasteiger partial charge is 0.223 e. The molecule has 3 saturated carbocycles. The molecule has 0 spiro atoms. The summed E-state index contributed by atoms with van der Waals surface area (Å²) in [6.07, 6.45) is 4.69. The van der Waals surface area contributed by atoms with E-state index in [-0.39, 0.29) is 11.8 Å². The number of rotatable bonds is 3. The molecule has 0 aromatic rings. The zero-order valence-corrected chi connectivity index (χ0v) is 10.6. The summed E-state index contributed by atoms with van der Waals surface area (Å²) in [7, 11) is 0. The monoisotopic (exact) mass is 251 g/mol. The third-order valence-corrected chi connectivity index (χ3v) is 5.71. The maximum atomic E-state index is 12.2. The highest BCUT2D eigenvalue weighted by Crippen LogP contribution is 2.69. The summed E-state index contributed by atoms with van der Waals surface area (Å²) in [6.45, 7) is 1.32. The highest BCUT2D eigenvalue weighted by Gasteiger charge is 2.67. The van der Waals surface area contributed by atoms with Crippen molar-refractivity contribution >= 4 is 5.91 Å². The number of amides is 1. The van der Waals surface area contributed by atoms with Gasteiger partial charge in [-0.2, -0.15) is 0 Å². The van der Waals surface area contributed by atoms with E-state index in [0.717, 1.165) is 11.8 Å². The minimum absolute atomic E-state index is 0.182. The molecule has 4 rings (SSSR count).